The second-order valence-corrected chi connectivity index (χ2v) is 6.67. The fourth-order valence-electron chi connectivity index (χ4n) is 3.15. The Balaban J connectivity index is 1.86. The highest BCUT2D eigenvalue weighted by Crippen LogP contribution is 2.42. The van der Waals surface area contributed by atoms with Crippen molar-refractivity contribution in [3.05, 3.63) is 0 Å². The van der Waals surface area contributed by atoms with Gasteiger partial charge in [-0.25, -0.2) is 0 Å². The van der Waals surface area contributed by atoms with E-state index in [9.17, 15) is 4.79 Å². The van der Waals surface area contributed by atoms with Gasteiger partial charge in [0, 0.05) is 19.6 Å². The largest absolute Gasteiger partial charge is 0.461 e. The third-order valence-electron chi connectivity index (χ3n) is 4.97. The van der Waals surface area contributed by atoms with Gasteiger partial charge in [-0.3, -0.25) is 4.79 Å². The Labute approximate surface area is 116 Å². The van der Waals surface area contributed by atoms with Crippen LogP contribution in [0.4, 0.5) is 0 Å². The number of nitrogens with one attached hydrogen (secondary N) is 2. The molecule has 1 aliphatic heterocycles. The number of carbonyl (C=O) groups is 1. The van der Waals surface area contributed by atoms with Crippen molar-refractivity contribution in [1.82, 2.24) is 10.6 Å². The number of carbonyl (C=O) groups excluding carboxylic acids is 1. The molecule has 1 saturated heterocycles. The summed E-state index contributed by atoms with van der Waals surface area (Å²) in [7, 11) is 0. The lowest BCUT2D eigenvalue weighted by Crippen LogP contribution is -2.53. The highest BCUT2D eigenvalue weighted by molar-refractivity contribution is 5.76. The Bertz CT molecular complexity index is 313. The summed E-state index contributed by atoms with van der Waals surface area (Å²) in [5.74, 6) is 0.564. The highest BCUT2D eigenvalue weighted by atomic mass is 16.5. The van der Waals surface area contributed by atoms with Crippen LogP contribution < -0.4 is 10.6 Å². The van der Waals surface area contributed by atoms with Gasteiger partial charge in [-0.15, -0.1) is 0 Å². The fraction of sp³-hybridized carbons (Fsp3) is 0.933. The first-order valence-corrected chi connectivity index (χ1v) is 7.66. The molecule has 1 heterocycles. The van der Waals surface area contributed by atoms with Crippen molar-refractivity contribution in [2.45, 2.75) is 58.6 Å². The van der Waals surface area contributed by atoms with Crippen molar-refractivity contribution in [2.75, 3.05) is 19.6 Å². The summed E-state index contributed by atoms with van der Waals surface area (Å²) >= 11 is 0. The summed E-state index contributed by atoms with van der Waals surface area (Å²) in [5.41, 5.74) is 0.321. The van der Waals surface area contributed by atoms with Crippen LogP contribution in [0, 0.1) is 11.3 Å². The molecule has 0 aromatic heterocycles. The first kappa shape index (κ1) is 14.8. The Kier molecular flexibility index (Phi) is 4.85. The zero-order chi connectivity index (χ0) is 13.9. The summed E-state index contributed by atoms with van der Waals surface area (Å²) in [6.07, 6.45) is 4.56. The Morgan fingerprint density at radius 1 is 1.37 bits per heavy atom. The molecule has 2 rings (SSSR count). The monoisotopic (exact) mass is 268 g/mol. The van der Waals surface area contributed by atoms with Crippen molar-refractivity contribution in [3.63, 3.8) is 0 Å². The van der Waals surface area contributed by atoms with E-state index in [2.05, 4.69) is 31.4 Å². The first-order chi connectivity index (χ1) is 9.01. The van der Waals surface area contributed by atoms with Crippen molar-refractivity contribution in [3.8, 4) is 0 Å². The lowest BCUT2D eigenvalue weighted by atomic mass is 9.67. The maximum atomic E-state index is 12.1. The number of ether oxygens (including phenoxy) is 1. The van der Waals surface area contributed by atoms with Gasteiger partial charge >= 0.3 is 5.97 Å². The van der Waals surface area contributed by atoms with Gasteiger partial charge in [-0.05, 0) is 37.0 Å². The number of esters is 1. The molecular formula is C15H28N2O2. The van der Waals surface area contributed by atoms with E-state index in [1.165, 1.54) is 12.8 Å². The SMILES string of the molecule is CC(C)C1(C)CCCC(OC(=O)[C@@H]2CNCCN2)C1. The lowest BCUT2D eigenvalue weighted by molar-refractivity contribution is -0.156. The first-order valence-electron chi connectivity index (χ1n) is 7.66. The van der Waals surface area contributed by atoms with Crippen molar-refractivity contribution < 1.29 is 9.53 Å². The third-order valence-corrected chi connectivity index (χ3v) is 4.97. The molecule has 0 bridgehead atoms. The Morgan fingerprint density at radius 3 is 2.79 bits per heavy atom. The van der Waals surface area contributed by atoms with Gasteiger partial charge in [0.05, 0.1) is 0 Å². The number of rotatable bonds is 3. The predicted molar refractivity (Wildman–Crippen MR) is 76.0 cm³/mol. The molecule has 4 nitrogen and oxygen atoms in total. The quantitative estimate of drug-likeness (QED) is 0.765. The lowest BCUT2D eigenvalue weighted by Gasteiger charge is -2.41. The molecule has 0 aromatic rings. The van der Waals surface area contributed by atoms with Gasteiger partial charge in [-0.1, -0.05) is 20.8 Å². The minimum Gasteiger partial charge on any atom is -0.461 e. The fourth-order valence-corrected chi connectivity index (χ4v) is 3.15. The van der Waals surface area contributed by atoms with Crippen LogP contribution in [0.2, 0.25) is 0 Å². The zero-order valence-corrected chi connectivity index (χ0v) is 12.5. The van der Waals surface area contributed by atoms with Crippen LogP contribution in [-0.4, -0.2) is 37.7 Å². The van der Waals surface area contributed by atoms with Crippen LogP contribution in [0.15, 0.2) is 0 Å². The van der Waals surface area contributed by atoms with Gasteiger partial charge < -0.3 is 15.4 Å². The zero-order valence-electron chi connectivity index (χ0n) is 12.5. The second-order valence-electron chi connectivity index (χ2n) is 6.67. The molecule has 3 atom stereocenters. The average Bonchev–Trinajstić information content (AvgIpc) is 2.39. The molecule has 2 unspecified atom stereocenters. The Morgan fingerprint density at radius 2 is 2.16 bits per heavy atom. The van der Waals surface area contributed by atoms with E-state index >= 15 is 0 Å². The molecule has 1 saturated carbocycles. The van der Waals surface area contributed by atoms with E-state index in [-0.39, 0.29) is 18.1 Å². The van der Waals surface area contributed by atoms with E-state index in [4.69, 9.17) is 4.74 Å². The Hall–Kier alpha value is -0.610. The molecule has 1 aliphatic carbocycles. The van der Waals surface area contributed by atoms with Crippen LogP contribution in [0.5, 0.6) is 0 Å². The smallest absolute Gasteiger partial charge is 0.324 e. The van der Waals surface area contributed by atoms with Crippen LogP contribution in [0.25, 0.3) is 0 Å². The summed E-state index contributed by atoms with van der Waals surface area (Å²) in [6.45, 7) is 9.34. The molecule has 19 heavy (non-hydrogen) atoms. The summed E-state index contributed by atoms with van der Waals surface area (Å²) in [5, 5.41) is 6.44. The van der Waals surface area contributed by atoms with E-state index in [0.29, 0.717) is 17.9 Å². The van der Waals surface area contributed by atoms with Crippen LogP contribution in [0.3, 0.4) is 0 Å². The standard InChI is InChI=1S/C15H28N2O2/c1-11(2)15(3)6-4-5-12(9-15)19-14(18)13-10-16-7-8-17-13/h11-13,16-17H,4-10H2,1-3H3/t12?,13-,15?/m0/s1. The summed E-state index contributed by atoms with van der Waals surface area (Å²) in [4.78, 5) is 12.1. The third kappa shape index (κ3) is 3.69. The van der Waals surface area contributed by atoms with E-state index in [1.54, 1.807) is 0 Å². The van der Waals surface area contributed by atoms with E-state index in [1.807, 2.05) is 0 Å². The topological polar surface area (TPSA) is 50.4 Å². The van der Waals surface area contributed by atoms with Crippen LogP contribution in [0.1, 0.15) is 46.5 Å². The molecule has 0 radical (unpaired) electrons. The molecule has 2 N–H and O–H groups in total. The normalized spacial score (nSPS) is 36.2. The van der Waals surface area contributed by atoms with Crippen LogP contribution in [-0.2, 0) is 9.53 Å². The molecular weight excluding hydrogens is 240 g/mol. The van der Waals surface area contributed by atoms with Gasteiger partial charge in [0.25, 0.3) is 0 Å². The maximum absolute atomic E-state index is 12.1. The second kappa shape index (κ2) is 6.23. The van der Waals surface area contributed by atoms with Gasteiger partial charge in [0.15, 0.2) is 0 Å². The van der Waals surface area contributed by atoms with Gasteiger partial charge in [0.1, 0.15) is 12.1 Å². The molecule has 0 amide bonds. The van der Waals surface area contributed by atoms with Crippen molar-refractivity contribution in [1.29, 1.82) is 0 Å². The average molecular weight is 268 g/mol. The minimum absolute atomic E-state index is 0.0785. The number of hydrogen-bond donors (Lipinski definition) is 2. The molecule has 0 spiro atoms. The molecule has 0 aromatic carbocycles. The molecule has 2 fully saturated rings. The predicted octanol–water partition coefficient (Wildman–Crippen LogP) is 1.70. The number of piperazine rings is 1. The maximum Gasteiger partial charge on any atom is 0.324 e. The van der Waals surface area contributed by atoms with Crippen LogP contribution >= 0.6 is 0 Å². The van der Waals surface area contributed by atoms with Gasteiger partial charge in [0.2, 0.25) is 0 Å². The molecule has 4 heteroatoms. The van der Waals surface area contributed by atoms with E-state index in [0.717, 1.165) is 25.9 Å². The summed E-state index contributed by atoms with van der Waals surface area (Å²) in [6, 6.07) is -0.166. The number of hydrogen-bond acceptors (Lipinski definition) is 4. The highest BCUT2D eigenvalue weighted by Gasteiger charge is 2.37. The molecule has 110 valence electrons. The van der Waals surface area contributed by atoms with Gasteiger partial charge in [-0.2, -0.15) is 0 Å². The van der Waals surface area contributed by atoms with Crippen molar-refractivity contribution >= 4 is 5.97 Å². The minimum atomic E-state index is -0.166. The molecule has 2 aliphatic rings. The summed E-state index contributed by atoms with van der Waals surface area (Å²) < 4.78 is 5.73. The van der Waals surface area contributed by atoms with Crippen molar-refractivity contribution in [2.24, 2.45) is 11.3 Å². The van der Waals surface area contributed by atoms with E-state index < -0.39 is 0 Å².